The number of esters is 1. The summed E-state index contributed by atoms with van der Waals surface area (Å²) in [5.41, 5.74) is 0.213. The summed E-state index contributed by atoms with van der Waals surface area (Å²) in [5, 5.41) is 8.77. The van der Waals surface area contributed by atoms with E-state index >= 15 is 0 Å². The minimum absolute atomic E-state index is 0.107. The van der Waals surface area contributed by atoms with Crippen molar-refractivity contribution < 1.29 is 19.4 Å². The molecule has 1 rings (SSSR count). The van der Waals surface area contributed by atoms with Crippen LogP contribution in [0.4, 0.5) is 0 Å². The summed E-state index contributed by atoms with van der Waals surface area (Å²) >= 11 is 0. The van der Waals surface area contributed by atoms with Gasteiger partial charge in [-0.1, -0.05) is 57.9 Å². The molecule has 26 heavy (non-hydrogen) atoms. The van der Waals surface area contributed by atoms with Crippen molar-refractivity contribution in [1.82, 2.24) is 0 Å². The molecule has 0 aromatic carbocycles. The Hall–Kier alpha value is -1.32. The summed E-state index contributed by atoms with van der Waals surface area (Å²) in [4.78, 5) is 22.1. The van der Waals surface area contributed by atoms with Crippen molar-refractivity contribution in [3.05, 3.63) is 12.2 Å². The van der Waals surface area contributed by atoms with Crippen LogP contribution in [-0.2, 0) is 14.3 Å². The highest BCUT2D eigenvalue weighted by Crippen LogP contribution is 2.42. The molecule has 1 saturated carbocycles. The monoisotopic (exact) mass is 366 g/mol. The molecule has 0 aromatic rings. The molecular weight excluding hydrogens is 328 g/mol. The molecule has 4 nitrogen and oxygen atoms in total. The molecule has 1 unspecified atom stereocenters. The number of allylic oxidation sites excluding steroid dienone is 1. The van der Waals surface area contributed by atoms with Crippen molar-refractivity contribution in [3.8, 4) is 0 Å². The van der Waals surface area contributed by atoms with Gasteiger partial charge in [0.2, 0.25) is 0 Å². The van der Waals surface area contributed by atoms with Crippen molar-refractivity contribution in [1.29, 1.82) is 0 Å². The van der Waals surface area contributed by atoms with Crippen molar-refractivity contribution >= 4 is 11.9 Å². The predicted octanol–water partition coefficient (Wildman–Crippen LogP) is 6.04. The molecule has 1 aliphatic rings. The lowest BCUT2D eigenvalue weighted by Gasteiger charge is -2.35. The van der Waals surface area contributed by atoms with Crippen LogP contribution in [-0.4, -0.2) is 23.1 Å². The minimum Gasteiger partial charge on any atom is -0.481 e. The largest absolute Gasteiger partial charge is 0.481 e. The van der Waals surface area contributed by atoms with Crippen molar-refractivity contribution in [3.63, 3.8) is 0 Å². The van der Waals surface area contributed by atoms with Crippen LogP contribution >= 0.6 is 0 Å². The lowest BCUT2D eigenvalue weighted by Crippen LogP contribution is -2.23. The van der Waals surface area contributed by atoms with Crippen LogP contribution in [0.1, 0.15) is 104 Å². The van der Waals surface area contributed by atoms with E-state index in [4.69, 9.17) is 9.84 Å². The average molecular weight is 367 g/mol. The van der Waals surface area contributed by atoms with Crippen LogP contribution in [0.3, 0.4) is 0 Å². The molecule has 0 heterocycles. The van der Waals surface area contributed by atoms with Gasteiger partial charge in [0.05, 0.1) is 0 Å². The first kappa shape index (κ1) is 22.7. The fourth-order valence-corrected chi connectivity index (χ4v) is 4.00. The minimum atomic E-state index is -0.700. The first-order valence-corrected chi connectivity index (χ1v) is 10.6. The maximum atomic E-state index is 11.4. The molecule has 0 bridgehead atoms. The molecule has 0 spiro atoms. The number of unbranched alkanes of at least 4 members (excludes halogenated alkanes) is 4. The number of carbonyl (C=O) groups is 2. The second-order valence-corrected chi connectivity index (χ2v) is 7.88. The van der Waals surface area contributed by atoms with E-state index in [9.17, 15) is 9.59 Å². The number of hydrogen-bond acceptors (Lipinski definition) is 3. The Balaban J connectivity index is 2.61. The summed E-state index contributed by atoms with van der Waals surface area (Å²) in [6.07, 6.45) is 19.1. The van der Waals surface area contributed by atoms with Crippen molar-refractivity contribution in [2.24, 2.45) is 5.41 Å². The Bertz CT molecular complexity index is 435. The van der Waals surface area contributed by atoms with Crippen LogP contribution in [0.15, 0.2) is 12.2 Å². The zero-order chi connectivity index (χ0) is 19.3. The molecule has 4 heteroatoms. The van der Waals surface area contributed by atoms with E-state index in [1.54, 1.807) is 0 Å². The van der Waals surface area contributed by atoms with E-state index < -0.39 is 5.97 Å². The molecule has 1 N–H and O–H groups in total. The van der Waals surface area contributed by atoms with Crippen LogP contribution in [0.25, 0.3) is 0 Å². The lowest BCUT2D eigenvalue weighted by atomic mass is 9.70. The second kappa shape index (κ2) is 12.9. The number of hydrogen-bond donors (Lipinski definition) is 1. The topological polar surface area (TPSA) is 63.6 Å². The lowest BCUT2D eigenvalue weighted by molar-refractivity contribution is -0.144. The average Bonchev–Trinajstić information content (AvgIpc) is 2.60. The molecule has 0 aromatic heterocycles. The van der Waals surface area contributed by atoms with Gasteiger partial charge in [-0.2, -0.15) is 0 Å². The Morgan fingerprint density at radius 3 is 2.42 bits per heavy atom. The standard InChI is InChI=1S/C22H38O4/c1-3-4-7-12-20(26-19(2)23)14-18-22(16-10-6-11-17-22)15-9-5-8-13-21(24)25/h14,18,20H,3-13,15-17H2,1-2H3,(H,24,25). The highest BCUT2D eigenvalue weighted by molar-refractivity contribution is 5.66. The van der Waals surface area contributed by atoms with Gasteiger partial charge in [0, 0.05) is 13.3 Å². The molecule has 0 aliphatic heterocycles. The third-order valence-electron chi connectivity index (χ3n) is 5.49. The molecule has 0 saturated heterocycles. The van der Waals surface area contributed by atoms with Gasteiger partial charge in [0.1, 0.15) is 6.10 Å². The van der Waals surface area contributed by atoms with Gasteiger partial charge in [0.25, 0.3) is 0 Å². The molecule has 1 aliphatic carbocycles. The molecule has 150 valence electrons. The summed E-state index contributed by atoms with van der Waals surface area (Å²) < 4.78 is 5.51. The van der Waals surface area contributed by atoms with Gasteiger partial charge in [-0.3, -0.25) is 9.59 Å². The summed E-state index contributed by atoms with van der Waals surface area (Å²) in [7, 11) is 0. The first-order chi connectivity index (χ1) is 12.5. The molecule has 1 atom stereocenters. The van der Waals surface area contributed by atoms with E-state index in [0.29, 0.717) is 0 Å². The number of carbonyl (C=O) groups excluding carboxylic acids is 1. The SMILES string of the molecule is CCCCCC(C=CC1(CCCCCC(=O)O)CCCCC1)OC(C)=O. The Kier molecular flexibility index (Phi) is 11.3. The zero-order valence-electron chi connectivity index (χ0n) is 16.8. The molecule has 0 amide bonds. The van der Waals surface area contributed by atoms with E-state index in [1.807, 2.05) is 0 Å². The van der Waals surface area contributed by atoms with Gasteiger partial charge in [-0.25, -0.2) is 0 Å². The van der Waals surface area contributed by atoms with E-state index in [2.05, 4.69) is 19.1 Å². The Labute approximate surface area is 159 Å². The fourth-order valence-electron chi connectivity index (χ4n) is 4.00. The van der Waals surface area contributed by atoms with Crippen LogP contribution in [0.5, 0.6) is 0 Å². The van der Waals surface area contributed by atoms with Gasteiger partial charge in [-0.15, -0.1) is 0 Å². The Morgan fingerprint density at radius 2 is 1.81 bits per heavy atom. The van der Waals surface area contributed by atoms with Gasteiger partial charge >= 0.3 is 11.9 Å². The van der Waals surface area contributed by atoms with Crippen LogP contribution in [0, 0.1) is 5.41 Å². The summed E-state index contributed by atoms with van der Waals surface area (Å²) in [6.45, 7) is 3.66. The van der Waals surface area contributed by atoms with Crippen molar-refractivity contribution in [2.45, 2.75) is 110 Å². The van der Waals surface area contributed by atoms with Crippen molar-refractivity contribution in [2.75, 3.05) is 0 Å². The maximum absolute atomic E-state index is 11.4. The van der Waals surface area contributed by atoms with E-state index in [0.717, 1.165) is 44.9 Å². The highest BCUT2D eigenvalue weighted by Gasteiger charge is 2.29. The predicted molar refractivity (Wildman–Crippen MR) is 105 cm³/mol. The quantitative estimate of drug-likeness (QED) is 0.245. The fraction of sp³-hybridized carbons (Fsp3) is 0.818. The van der Waals surface area contributed by atoms with Crippen LogP contribution < -0.4 is 0 Å². The number of rotatable bonds is 13. The zero-order valence-corrected chi connectivity index (χ0v) is 16.8. The molecular formula is C22H38O4. The van der Waals surface area contributed by atoms with E-state index in [1.165, 1.54) is 45.4 Å². The summed E-state index contributed by atoms with van der Waals surface area (Å²) in [5.74, 6) is -0.906. The first-order valence-electron chi connectivity index (χ1n) is 10.6. The van der Waals surface area contributed by atoms with E-state index in [-0.39, 0.29) is 23.9 Å². The number of aliphatic carboxylic acids is 1. The Morgan fingerprint density at radius 1 is 1.08 bits per heavy atom. The number of carboxylic acid groups (broad SMARTS) is 1. The van der Waals surface area contributed by atoms with Gasteiger partial charge in [0.15, 0.2) is 0 Å². The molecule has 0 radical (unpaired) electrons. The number of ether oxygens (including phenoxy) is 1. The second-order valence-electron chi connectivity index (χ2n) is 7.88. The highest BCUT2D eigenvalue weighted by atomic mass is 16.5. The summed E-state index contributed by atoms with van der Waals surface area (Å²) in [6, 6.07) is 0. The molecule has 1 fully saturated rings. The normalized spacial score (nSPS) is 17.9. The third kappa shape index (κ3) is 9.98. The smallest absolute Gasteiger partial charge is 0.303 e. The number of carboxylic acids is 1. The van der Waals surface area contributed by atoms with Gasteiger partial charge in [-0.05, 0) is 50.0 Å². The maximum Gasteiger partial charge on any atom is 0.303 e. The third-order valence-corrected chi connectivity index (χ3v) is 5.49. The van der Waals surface area contributed by atoms with Crippen LogP contribution in [0.2, 0.25) is 0 Å². The van der Waals surface area contributed by atoms with Gasteiger partial charge < -0.3 is 9.84 Å².